The van der Waals surface area contributed by atoms with Gasteiger partial charge in [-0.3, -0.25) is 19.2 Å². The first-order valence-corrected chi connectivity index (χ1v) is 9.08. The highest BCUT2D eigenvalue weighted by molar-refractivity contribution is 5.94. The van der Waals surface area contributed by atoms with E-state index in [4.69, 9.17) is 15.9 Å². The van der Waals surface area contributed by atoms with Crippen molar-refractivity contribution in [2.45, 2.75) is 64.2 Å². The average Bonchev–Trinajstić information content (AvgIpc) is 3.08. The van der Waals surface area contributed by atoms with Gasteiger partial charge in [-0.1, -0.05) is 13.8 Å². The second-order valence-electron chi connectivity index (χ2n) is 7.24. The monoisotopic (exact) mass is 386 g/mol. The van der Waals surface area contributed by atoms with Crippen LogP contribution in [0.4, 0.5) is 0 Å². The minimum absolute atomic E-state index is 0.0744. The summed E-state index contributed by atoms with van der Waals surface area (Å²) in [7, 11) is 0. The van der Waals surface area contributed by atoms with E-state index in [-0.39, 0.29) is 5.92 Å². The maximum Gasteiger partial charge on any atom is 0.325 e. The van der Waals surface area contributed by atoms with Gasteiger partial charge < -0.3 is 31.5 Å². The Morgan fingerprint density at radius 2 is 1.81 bits per heavy atom. The maximum absolute atomic E-state index is 12.7. The molecule has 0 aromatic heterocycles. The molecule has 0 aliphatic carbocycles. The number of amides is 3. The van der Waals surface area contributed by atoms with Crippen LogP contribution in [0, 0.1) is 5.92 Å². The normalized spacial score (nSPS) is 20.1. The van der Waals surface area contributed by atoms with Crippen molar-refractivity contribution in [2.75, 3.05) is 13.2 Å². The molecule has 0 radical (unpaired) electrons. The van der Waals surface area contributed by atoms with E-state index in [1.54, 1.807) is 0 Å². The van der Waals surface area contributed by atoms with Crippen LogP contribution >= 0.6 is 0 Å². The lowest BCUT2D eigenvalue weighted by atomic mass is 10.0. The van der Waals surface area contributed by atoms with Crippen LogP contribution in [0.2, 0.25) is 0 Å². The molecule has 1 rings (SSSR count). The Labute approximate surface area is 158 Å². The number of nitrogens with one attached hydrogen (secondary N) is 2. The third kappa shape index (κ3) is 6.47. The number of carbonyl (C=O) groups excluding carboxylic acids is 3. The van der Waals surface area contributed by atoms with Crippen LogP contribution in [-0.2, 0) is 19.2 Å². The zero-order chi connectivity index (χ0) is 20.7. The molecule has 0 aromatic rings. The van der Waals surface area contributed by atoms with E-state index in [1.807, 2.05) is 13.8 Å². The standard InChI is InChI=1S/C17H30N4O6/c1-9(2)7-12(14(23)19-10(3)17(26)27)20-15(24)13-5-4-6-21(13)16(25)11(18)8-22/h9-13,22H,4-8,18H2,1-3H3,(H,19,23)(H,20,24)(H,26,27). The lowest BCUT2D eigenvalue weighted by Gasteiger charge is -2.28. The molecule has 0 aromatic carbocycles. The van der Waals surface area contributed by atoms with Gasteiger partial charge in [-0.05, 0) is 32.1 Å². The molecular formula is C17H30N4O6. The summed E-state index contributed by atoms with van der Waals surface area (Å²) in [5, 5.41) is 23.0. The van der Waals surface area contributed by atoms with Gasteiger partial charge in [0.05, 0.1) is 6.61 Å². The van der Waals surface area contributed by atoms with Gasteiger partial charge in [0.1, 0.15) is 24.2 Å². The van der Waals surface area contributed by atoms with Gasteiger partial charge in [-0.15, -0.1) is 0 Å². The molecule has 0 spiro atoms. The van der Waals surface area contributed by atoms with Crippen molar-refractivity contribution in [2.24, 2.45) is 11.7 Å². The van der Waals surface area contributed by atoms with Crippen molar-refractivity contribution >= 4 is 23.7 Å². The molecule has 1 fully saturated rings. The number of aliphatic carboxylic acids is 1. The van der Waals surface area contributed by atoms with Gasteiger partial charge in [0.2, 0.25) is 17.7 Å². The van der Waals surface area contributed by atoms with Crippen LogP contribution in [0.15, 0.2) is 0 Å². The number of nitrogens with zero attached hydrogens (tertiary/aromatic N) is 1. The molecule has 4 unspecified atom stereocenters. The van der Waals surface area contributed by atoms with E-state index in [1.165, 1.54) is 11.8 Å². The summed E-state index contributed by atoms with van der Waals surface area (Å²) < 4.78 is 0. The molecule has 0 bridgehead atoms. The topological polar surface area (TPSA) is 162 Å². The van der Waals surface area contributed by atoms with Crippen LogP contribution in [0.25, 0.3) is 0 Å². The fraction of sp³-hybridized carbons (Fsp3) is 0.765. The van der Waals surface area contributed by atoms with E-state index in [0.717, 1.165) is 0 Å². The van der Waals surface area contributed by atoms with E-state index < -0.39 is 54.5 Å². The highest BCUT2D eigenvalue weighted by Gasteiger charge is 2.37. The number of carboxylic acids is 1. The number of hydrogen-bond acceptors (Lipinski definition) is 6. The van der Waals surface area contributed by atoms with Crippen molar-refractivity contribution < 1.29 is 29.4 Å². The predicted octanol–water partition coefficient (Wildman–Crippen LogP) is -1.58. The number of aliphatic hydroxyl groups is 1. The first-order chi connectivity index (χ1) is 12.6. The molecule has 10 heteroatoms. The lowest BCUT2D eigenvalue weighted by molar-refractivity contribution is -0.143. The largest absolute Gasteiger partial charge is 0.480 e. The van der Waals surface area contributed by atoms with Crippen molar-refractivity contribution in [1.29, 1.82) is 0 Å². The molecule has 3 amide bonds. The second-order valence-corrected chi connectivity index (χ2v) is 7.24. The molecule has 1 aliphatic rings. The van der Waals surface area contributed by atoms with Gasteiger partial charge in [-0.2, -0.15) is 0 Å². The third-order valence-corrected chi connectivity index (χ3v) is 4.42. The Balaban J connectivity index is 2.84. The fourth-order valence-corrected chi connectivity index (χ4v) is 2.94. The number of carboxylic acid groups (broad SMARTS) is 1. The smallest absolute Gasteiger partial charge is 0.325 e. The van der Waals surface area contributed by atoms with Crippen LogP contribution in [0.3, 0.4) is 0 Å². The number of rotatable bonds is 9. The second kappa shape index (κ2) is 10.2. The van der Waals surface area contributed by atoms with Gasteiger partial charge in [-0.25, -0.2) is 0 Å². The Bertz CT molecular complexity index is 568. The highest BCUT2D eigenvalue weighted by Crippen LogP contribution is 2.19. The third-order valence-electron chi connectivity index (χ3n) is 4.42. The van der Waals surface area contributed by atoms with Crippen LogP contribution in [0.1, 0.15) is 40.0 Å². The number of carbonyl (C=O) groups is 4. The minimum Gasteiger partial charge on any atom is -0.480 e. The average molecular weight is 386 g/mol. The number of nitrogens with two attached hydrogens (primary N) is 1. The quantitative estimate of drug-likeness (QED) is 0.319. The van der Waals surface area contributed by atoms with Crippen LogP contribution < -0.4 is 16.4 Å². The van der Waals surface area contributed by atoms with E-state index in [9.17, 15) is 19.2 Å². The van der Waals surface area contributed by atoms with Crippen molar-refractivity contribution in [3.8, 4) is 0 Å². The van der Waals surface area contributed by atoms with Gasteiger partial charge in [0.25, 0.3) is 0 Å². The summed E-state index contributed by atoms with van der Waals surface area (Å²) in [6.45, 7) is 4.91. The van der Waals surface area contributed by atoms with Crippen molar-refractivity contribution in [1.82, 2.24) is 15.5 Å². The van der Waals surface area contributed by atoms with Crippen LogP contribution in [-0.4, -0.2) is 76.1 Å². The minimum atomic E-state index is -1.18. The molecule has 0 saturated carbocycles. The first-order valence-electron chi connectivity index (χ1n) is 9.08. The van der Waals surface area contributed by atoms with Gasteiger partial charge in [0, 0.05) is 6.54 Å². The summed E-state index contributed by atoms with van der Waals surface area (Å²) in [5.41, 5.74) is 5.56. The Morgan fingerprint density at radius 3 is 2.33 bits per heavy atom. The first kappa shape index (κ1) is 22.8. The molecule has 4 atom stereocenters. The molecule has 1 heterocycles. The Hall–Kier alpha value is -2.20. The zero-order valence-electron chi connectivity index (χ0n) is 16.0. The highest BCUT2D eigenvalue weighted by atomic mass is 16.4. The fourth-order valence-electron chi connectivity index (χ4n) is 2.94. The molecule has 154 valence electrons. The Kier molecular flexibility index (Phi) is 8.64. The molecule has 1 aliphatic heterocycles. The van der Waals surface area contributed by atoms with Gasteiger partial charge in [0.15, 0.2) is 0 Å². The summed E-state index contributed by atoms with van der Waals surface area (Å²) in [4.78, 5) is 49.6. The van der Waals surface area contributed by atoms with E-state index in [2.05, 4.69) is 10.6 Å². The van der Waals surface area contributed by atoms with Crippen molar-refractivity contribution in [3.63, 3.8) is 0 Å². The molecule has 6 N–H and O–H groups in total. The molecular weight excluding hydrogens is 356 g/mol. The summed E-state index contributed by atoms with van der Waals surface area (Å²) in [6, 6.07) is -3.86. The summed E-state index contributed by atoms with van der Waals surface area (Å²) >= 11 is 0. The molecule has 1 saturated heterocycles. The predicted molar refractivity (Wildman–Crippen MR) is 96.4 cm³/mol. The maximum atomic E-state index is 12.7. The van der Waals surface area contributed by atoms with Crippen LogP contribution in [0.5, 0.6) is 0 Å². The number of aliphatic hydroxyl groups excluding tert-OH is 1. The van der Waals surface area contributed by atoms with E-state index >= 15 is 0 Å². The Morgan fingerprint density at radius 1 is 1.19 bits per heavy atom. The number of likely N-dealkylation sites (tertiary alicyclic amines) is 1. The number of hydrogen-bond donors (Lipinski definition) is 5. The molecule has 27 heavy (non-hydrogen) atoms. The lowest BCUT2D eigenvalue weighted by Crippen LogP contribution is -2.56. The zero-order valence-corrected chi connectivity index (χ0v) is 16.0. The molecule has 10 nitrogen and oxygen atoms in total. The van der Waals surface area contributed by atoms with E-state index in [0.29, 0.717) is 25.8 Å². The SMILES string of the molecule is CC(C)CC(NC(=O)C1CCCN1C(=O)C(N)CO)C(=O)NC(C)C(=O)O. The van der Waals surface area contributed by atoms with Crippen molar-refractivity contribution in [3.05, 3.63) is 0 Å². The van der Waals surface area contributed by atoms with Gasteiger partial charge >= 0.3 is 5.97 Å². The summed E-state index contributed by atoms with van der Waals surface area (Å²) in [5.74, 6) is -2.70. The summed E-state index contributed by atoms with van der Waals surface area (Å²) in [6.07, 6.45) is 1.36.